The Kier molecular flexibility index (Phi) is 4.91. The molecule has 0 saturated carbocycles. The predicted molar refractivity (Wildman–Crippen MR) is 106 cm³/mol. The summed E-state index contributed by atoms with van der Waals surface area (Å²) in [6.45, 7) is 3.36. The van der Waals surface area contributed by atoms with Gasteiger partial charge in [-0.05, 0) is 48.2 Å². The van der Waals surface area contributed by atoms with E-state index in [1.54, 1.807) is 11.9 Å². The maximum absolute atomic E-state index is 10.7. The van der Waals surface area contributed by atoms with Crippen LogP contribution in [0.1, 0.15) is 12.0 Å². The van der Waals surface area contributed by atoms with E-state index in [4.69, 9.17) is 23.2 Å². The van der Waals surface area contributed by atoms with Crippen molar-refractivity contribution in [2.24, 2.45) is 0 Å². The van der Waals surface area contributed by atoms with E-state index < -0.39 is 0 Å². The molecular formula is C19H20Cl2N2OS. The van der Waals surface area contributed by atoms with Crippen LogP contribution in [-0.2, 0) is 6.54 Å². The lowest BCUT2D eigenvalue weighted by molar-refractivity contribution is 0.145. The van der Waals surface area contributed by atoms with Gasteiger partial charge in [-0.15, -0.1) is 0 Å². The summed E-state index contributed by atoms with van der Waals surface area (Å²) in [7, 11) is 0. The summed E-state index contributed by atoms with van der Waals surface area (Å²) in [4.78, 5) is 2.39. The number of para-hydroxylation sites is 1. The Morgan fingerprint density at radius 1 is 1.12 bits per heavy atom. The van der Waals surface area contributed by atoms with Crippen LogP contribution in [0.2, 0.25) is 10.0 Å². The van der Waals surface area contributed by atoms with E-state index in [1.165, 1.54) is 0 Å². The van der Waals surface area contributed by atoms with Crippen molar-refractivity contribution < 1.29 is 5.11 Å². The van der Waals surface area contributed by atoms with Crippen molar-refractivity contribution in [2.75, 3.05) is 23.9 Å². The van der Waals surface area contributed by atoms with E-state index >= 15 is 0 Å². The molecule has 0 bridgehead atoms. The Morgan fingerprint density at radius 3 is 2.68 bits per heavy atom. The molecular weight excluding hydrogens is 375 g/mol. The lowest BCUT2D eigenvalue weighted by Crippen LogP contribution is -2.39. The van der Waals surface area contributed by atoms with E-state index in [1.807, 2.05) is 36.4 Å². The van der Waals surface area contributed by atoms with Gasteiger partial charge in [0.1, 0.15) is 0 Å². The number of aliphatic hydroxyl groups excluding tert-OH is 1. The van der Waals surface area contributed by atoms with Crippen molar-refractivity contribution in [1.82, 2.24) is 4.90 Å². The van der Waals surface area contributed by atoms with Crippen molar-refractivity contribution in [3.63, 3.8) is 0 Å². The molecule has 3 nitrogen and oxygen atoms in total. The highest BCUT2D eigenvalue weighted by molar-refractivity contribution is 8.02. The topological polar surface area (TPSA) is 26.7 Å². The van der Waals surface area contributed by atoms with E-state index in [0.29, 0.717) is 16.6 Å². The number of likely N-dealkylation sites (tertiary alicyclic amines) is 1. The van der Waals surface area contributed by atoms with E-state index in [-0.39, 0.29) is 10.9 Å². The second-order valence-corrected chi connectivity index (χ2v) is 9.03. The number of β-amino-alcohol motifs (C(OH)–C–C–N with tert-alkyl or cyclic N) is 1. The Bertz CT molecular complexity index is 760. The molecule has 2 saturated heterocycles. The minimum Gasteiger partial charge on any atom is -0.390 e. The molecule has 2 aliphatic heterocycles. The van der Waals surface area contributed by atoms with Crippen molar-refractivity contribution in [3.8, 4) is 0 Å². The zero-order valence-electron chi connectivity index (χ0n) is 13.7. The molecule has 25 heavy (non-hydrogen) atoms. The first-order valence-corrected chi connectivity index (χ1v) is 9.95. The third kappa shape index (κ3) is 3.51. The number of rotatable bonds is 3. The summed E-state index contributed by atoms with van der Waals surface area (Å²) in [6.07, 6.45) is 0.667. The molecule has 0 aromatic heterocycles. The second kappa shape index (κ2) is 7.01. The standard InChI is InChI=1S/C19H20Cl2N2OS/c20-16-7-6-14(10-17(16)21)11-22-9-8-19(13-22)18(24)12-23(25-19)15-4-2-1-3-5-15/h1-7,10,18,24H,8-9,11-13H2/t18-,19+/m0/s1. The van der Waals surface area contributed by atoms with Gasteiger partial charge < -0.3 is 9.41 Å². The van der Waals surface area contributed by atoms with E-state index in [9.17, 15) is 5.11 Å². The van der Waals surface area contributed by atoms with Crippen LogP contribution in [0.5, 0.6) is 0 Å². The molecule has 6 heteroatoms. The Hall–Kier alpha value is -0.910. The van der Waals surface area contributed by atoms with Crippen molar-refractivity contribution in [1.29, 1.82) is 0 Å². The second-order valence-electron chi connectivity index (χ2n) is 6.78. The summed E-state index contributed by atoms with van der Waals surface area (Å²) in [5.41, 5.74) is 2.32. The molecule has 1 N–H and O–H groups in total. The van der Waals surface area contributed by atoms with Gasteiger partial charge >= 0.3 is 0 Å². The first-order valence-electron chi connectivity index (χ1n) is 8.42. The molecule has 4 rings (SSSR count). The molecule has 132 valence electrons. The number of aliphatic hydroxyl groups is 1. The number of nitrogens with zero attached hydrogens (tertiary/aromatic N) is 2. The maximum atomic E-state index is 10.7. The van der Waals surface area contributed by atoms with Gasteiger partial charge in [0, 0.05) is 25.3 Å². The molecule has 0 radical (unpaired) electrons. The van der Waals surface area contributed by atoms with Crippen LogP contribution in [0.3, 0.4) is 0 Å². The van der Waals surface area contributed by atoms with E-state index in [2.05, 4.69) is 21.3 Å². The van der Waals surface area contributed by atoms with Crippen molar-refractivity contribution >= 4 is 40.8 Å². The Labute approximate surface area is 162 Å². The van der Waals surface area contributed by atoms with Crippen LogP contribution in [-0.4, -0.2) is 40.5 Å². The molecule has 2 aliphatic rings. The predicted octanol–water partition coefficient (Wildman–Crippen LogP) is 4.47. The van der Waals surface area contributed by atoms with E-state index in [0.717, 1.165) is 37.3 Å². The lowest BCUT2D eigenvalue weighted by atomic mass is 10.0. The Balaban J connectivity index is 1.45. The zero-order chi connectivity index (χ0) is 17.4. The molecule has 2 aromatic rings. The van der Waals surface area contributed by atoms with Crippen LogP contribution in [0.25, 0.3) is 0 Å². The largest absolute Gasteiger partial charge is 0.390 e. The maximum Gasteiger partial charge on any atom is 0.0902 e. The monoisotopic (exact) mass is 394 g/mol. The summed E-state index contributed by atoms with van der Waals surface area (Å²) < 4.78 is 2.11. The van der Waals surface area contributed by atoms with Crippen LogP contribution in [0.15, 0.2) is 48.5 Å². The SMILES string of the molecule is O[C@H]1CN(c2ccccc2)S[C@@]12CCN(Cc1ccc(Cl)c(Cl)c1)C2. The van der Waals surface area contributed by atoms with Gasteiger partial charge in [-0.3, -0.25) is 4.90 Å². The summed E-state index contributed by atoms with van der Waals surface area (Å²) >= 11 is 13.9. The number of halogens is 2. The first kappa shape index (κ1) is 17.5. The number of hydrogen-bond acceptors (Lipinski definition) is 4. The highest BCUT2D eigenvalue weighted by Gasteiger charge is 2.51. The fourth-order valence-electron chi connectivity index (χ4n) is 3.65. The molecule has 2 heterocycles. The van der Waals surface area contributed by atoms with Crippen molar-refractivity contribution in [3.05, 3.63) is 64.1 Å². The highest BCUT2D eigenvalue weighted by Crippen LogP contribution is 2.47. The van der Waals surface area contributed by atoms with Gasteiger partial charge in [-0.1, -0.05) is 47.5 Å². The number of hydrogen-bond donors (Lipinski definition) is 1. The van der Waals surface area contributed by atoms with Gasteiger partial charge in [0.25, 0.3) is 0 Å². The number of anilines is 1. The van der Waals surface area contributed by atoms with Gasteiger partial charge in [0.15, 0.2) is 0 Å². The van der Waals surface area contributed by atoms with Crippen LogP contribution in [0.4, 0.5) is 5.69 Å². The normalized spacial score (nSPS) is 26.7. The summed E-state index contributed by atoms with van der Waals surface area (Å²) in [6, 6.07) is 16.1. The summed E-state index contributed by atoms with van der Waals surface area (Å²) in [5, 5.41) is 11.9. The minimum atomic E-state index is -0.323. The fraction of sp³-hybridized carbons (Fsp3) is 0.368. The minimum absolute atomic E-state index is 0.119. The molecule has 0 aliphatic carbocycles. The molecule has 2 fully saturated rings. The van der Waals surface area contributed by atoms with Gasteiger partial charge in [-0.25, -0.2) is 0 Å². The van der Waals surface area contributed by atoms with Crippen molar-refractivity contribution in [2.45, 2.75) is 23.8 Å². The number of benzene rings is 2. The summed E-state index contributed by atoms with van der Waals surface area (Å²) in [5.74, 6) is 0. The average molecular weight is 395 g/mol. The van der Waals surface area contributed by atoms with Crippen LogP contribution < -0.4 is 4.31 Å². The Morgan fingerprint density at radius 2 is 1.92 bits per heavy atom. The van der Waals surface area contributed by atoms with Crippen LogP contribution in [0, 0.1) is 0 Å². The molecule has 2 atom stereocenters. The molecule has 0 unspecified atom stereocenters. The van der Waals surface area contributed by atoms with Gasteiger partial charge in [0.05, 0.1) is 27.4 Å². The first-order chi connectivity index (χ1) is 12.1. The van der Waals surface area contributed by atoms with Gasteiger partial charge in [0.2, 0.25) is 0 Å². The third-order valence-corrected chi connectivity index (χ3v) is 7.30. The lowest BCUT2D eigenvalue weighted by Gasteiger charge is -2.26. The van der Waals surface area contributed by atoms with Gasteiger partial charge in [-0.2, -0.15) is 0 Å². The zero-order valence-corrected chi connectivity index (χ0v) is 16.1. The third-order valence-electron chi connectivity index (χ3n) is 5.01. The molecule has 2 aromatic carbocycles. The molecule has 0 amide bonds. The smallest absolute Gasteiger partial charge is 0.0902 e. The van der Waals surface area contributed by atoms with Crippen LogP contribution >= 0.6 is 35.1 Å². The fourth-order valence-corrected chi connectivity index (χ4v) is 5.48. The highest BCUT2D eigenvalue weighted by atomic mass is 35.5. The quantitative estimate of drug-likeness (QED) is 0.776. The average Bonchev–Trinajstić information content (AvgIpc) is 3.16. The molecule has 1 spiro atoms.